The van der Waals surface area contributed by atoms with Gasteiger partial charge >= 0.3 is 0 Å². The Kier molecular flexibility index (Phi) is 4.21. The van der Waals surface area contributed by atoms with Crippen LogP contribution in [-0.4, -0.2) is 48.6 Å². The zero-order valence-corrected chi connectivity index (χ0v) is 14.3. The van der Waals surface area contributed by atoms with Gasteiger partial charge in [-0.05, 0) is 25.0 Å². The molecule has 3 aromatic heterocycles. The molecule has 1 amide bonds. The molecule has 0 aromatic carbocycles. The summed E-state index contributed by atoms with van der Waals surface area (Å²) in [6, 6.07) is 3.97. The molecular formula is C18H22N6O. The van der Waals surface area contributed by atoms with E-state index in [4.69, 9.17) is 0 Å². The first kappa shape index (κ1) is 15.8. The van der Waals surface area contributed by atoms with Crippen LogP contribution in [0, 0.1) is 5.92 Å². The van der Waals surface area contributed by atoms with Gasteiger partial charge in [0.2, 0.25) is 5.91 Å². The lowest BCUT2D eigenvalue weighted by atomic mass is 9.93. The summed E-state index contributed by atoms with van der Waals surface area (Å²) in [4.78, 5) is 26.7. The number of carbonyl (C=O) groups excluding carboxylic acids is 1. The summed E-state index contributed by atoms with van der Waals surface area (Å²) in [5.74, 6) is 0.591. The van der Waals surface area contributed by atoms with Crippen molar-refractivity contribution >= 4 is 17.1 Å². The molecule has 130 valence electrons. The summed E-state index contributed by atoms with van der Waals surface area (Å²) in [7, 11) is 0. The quantitative estimate of drug-likeness (QED) is 0.791. The average Bonchev–Trinajstić information content (AvgIpc) is 3.30. The third-order valence-corrected chi connectivity index (χ3v) is 4.97. The number of hydrogen-bond acceptors (Lipinski definition) is 4. The fourth-order valence-electron chi connectivity index (χ4n) is 3.58. The Morgan fingerprint density at radius 1 is 1.28 bits per heavy atom. The SMILES string of the molecule is CC(Cn1cccn1)C(=O)N1CCC(c2cc3nccnc3[nH]2)CC1. The number of nitrogens with one attached hydrogen (secondary N) is 1. The van der Waals surface area contributed by atoms with Crippen molar-refractivity contribution in [1.29, 1.82) is 0 Å². The summed E-state index contributed by atoms with van der Waals surface area (Å²) in [6.45, 7) is 4.20. The standard InChI is InChI=1S/C18H22N6O/c1-13(12-24-8-2-5-21-24)18(25)23-9-3-14(4-10-23)15-11-16-17(22-15)20-7-6-19-16/h2,5-8,11,13-14H,3-4,9-10,12H2,1H3,(H,20,22). The molecule has 0 bridgehead atoms. The van der Waals surface area contributed by atoms with Crippen molar-refractivity contribution in [2.45, 2.75) is 32.2 Å². The number of piperidine rings is 1. The van der Waals surface area contributed by atoms with Gasteiger partial charge in [0, 0.05) is 49.5 Å². The number of H-pyrrole nitrogens is 1. The minimum absolute atomic E-state index is 0.0575. The maximum Gasteiger partial charge on any atom is 0.227 e. The average molecular weight is 338 g/mol. The molecule has 0 aliphatic carbocycles. The summed E-state index contributed by atoms with van der Waals surface area (Å²) in [5, 5.41) is 4.19. The van der Waals surface area contributed by atoms with E-state index in [0.717, 1.165) is 37.1 Å². The number of fused-ring (bicyclic) bond motifs is 1. The predicted molar refractivity (Wildman–Crippen MR) is 93.8 cm³/mol. The van der Waals surface area contributed by atoms with E-state index in [-0.39, 0.29) is 11.8 Å². The van der Waals surface area contributed by atoms with Gasteiger partial charge in [0.25, 0.3) is 0 Å². The normalized spacial score (nSPS) is 17.1. The number of aromatic amines is 1. The summed E-state index contributed by atoms with van der Waals surface area (Å²) >= 11 is 0. The molecule has 1 N–H and O–H groups in total. The molecule has 1 aliphatic rings. The van der Waals surface area contributed by atoms with Gasteiger partial charge in [-0.25, -0.2) is 4.98 Å². The first-order valence-corrected chi connectivity index (χ1v) is 8.76. The van der Waals surface area contributed by atoms with Crippen LogP contribution in [0.2, 0.25) is 0 Å². The van der Waals surface area contributed by atoms with E-state index in [9.17, 15) is 4.79 Å². The van der Waals surface area contributed by atoms with Gasteiger partial charge in [-0.3, -0.25) is 14.5 Å². The van der Waals surface area contributed by atoms with E-state index in [1.807, 2.05) is 28.8 Å². The van der Waals surface area contributed by atoms with E-state index >= 15 is 0 Å². The number of amides is 1. The number of carbonyl (C=O) groups is 1. The Hall–Kier alpha value is -2.70. The Morgan fingerprint density at radius 3 is 2.80 bits per heavy atom. The molecule has 0 radical (unpaired) electrons. The zero-order chi connectivity index (χ0) is 17.2. The molecule has 7 nitrogen and oxygen atoms in total. The van der Waals surface area contributed by atoms with E-state index in [0.29, 0.717) is 12.5 Å². The van der Waals surface area contributed by atoms with Gasteiger partial charge in [-0.2, -0.15) is 5.10 Å². The number of hydrogen-bond donors (Lipinski definition) is 1. The van der Waals surface area contributed by atoms with Crippen LogP contribution in [0.5, 0.6) is 0 Å². The highest BCUT2D eigenvalue weighted by Gasteiger charge is 2.27. The second-order valence-corrected chi connectivity index (χ2v) is 6.74. The van der Waals surface area contributed by atoms with Crippen molar-refractivity contribution in [1.82, 2.24) is 29.6 Å². The van der Waals surface area contributed by atoms with Crippen LogP contribution >= 0.6 is 0 Å². The molecule has 4 rings (SSSR count). The number of nitrogens with zero attached hydrogens (tertiary/aromatic N) is 5. The van der Waals surface area contributed by atoms with Gasteiger partial charge in [-0.15, -0.1) is 0 Å². The Morgan fingerprint density at radius 2 is 2.08 bits per heavy atom. The predicted octanol–water partition coefficient (Wildman–Crippen LogP) is 2.20. The van der Waals surface area contributed by atoms with Crippen molar-refractivity contribution in [2.75, 3.05) is 13.1 Å². The monoisotopic (exact) mass is 338 g/mol. The van der Waals surface area contributed by atoms with Gasteiger partial charge in [0.1, 0.15) is 5.52 Å². The third-order valence-electron chi connectivity index (χ3n) is 4.97. The van der Waals surface area contributed by atoms with Gasteiger partial charge < -0.3 is 9.88 Å². The second-order valence-electron chi connectivity index (χ2n) is 6.74. The van der Waals surface area contributed by atoms with Crippen molar-refractivity contribution in [3.8, 4) is 0 Å². The Labute approximate surface area is 146 Å². The van der Waals surface area contributed by atoms with Gasteiger partial charge in [0.05, 0.1) is 12.5 Å². The lowest BCUT2D eigenvalue weighted by Gasteiger charge is -2.33. The van der Waals surface area contributed by atoms with Crippen LogP contribution < -0.4 is 0 Å². The maximum absolute atomic E-state index is 12.7. The molecule has 0 saturated carbocycles. The third kappa shape index (κ3) is 3.26. The van der Waals surface area contributed by atoms with Crippen LogP contribution in [0.1, 0.15) is 31.4 Å². The van der Waals surface area contributed by atoms with Crippen molar-refractivity contribution in [3.05, 3.63) is 42.6 Å². The molecule has 7 heteroatoms. The van der Waals surface area contributed by atoms with Crippen LogP contribution in [0.4, 0.5) is 0 Å². The minimum atomic E-state index is -0.0575. The smallest absolute Gasteiger partial charge is 0.227 e. The van der Waals surface area contributed by atoms with Gasteiger partial charge in [0.15, 0.2) is 5.65 Å². The molecule has 1 saturated heterocycles. The van der Waals surface area contributed by atoms with Crippen molar-refractivity contribution < 1.29 is 4.79 Å². The highest BCUT2D eigenvalue weighted by Crippen LogP contribution is 2.29. The maximum atomic E-state index is 12.7. The van der Waals surface area contributed by atoms with Crippen molar-refractivity contribution in [2.24, 2.45) is 5.92 Å². The molecule has 3 aromatic rings. The summed E-state index contributed by atoms with van der Waals surface area (Å²) in [5.41, 5.74) is 2.92. The van der Waals surface area contributed by atoms with Crippen LogP contribution in [0.25, 0.3) is 11.2 Å². The molecular weight excluding hydrogens is 316 g/mol. The highest BCUT2D eigenvalue weighted by molar-refractivity contribution is 5.78. The zero-order valence-electron chi connectivity index (χ0n) is 14.3. The summed E-state index contributed by atoms with van der Waals surface area (Å²) in [6.07, 6.45) is 8.98. The van der Waals surface area contributed by atoms with Crippen molar-refractivity contribution in [3.63, 3.8) is 0 Å². The molecule has 4 heterocycles. The lowest BCUT2D eigenvalue weighted by molar-refractivity contribution is -0.136. The van der Waals surface area contributed by atoms with Crippen LogP contribution in [-0.2, 0) is 11.3 Å². The summed E-state index contributed by atoms with van der Waals surface area (Å²) < 4.78 is 1.82. The Balaban J connectivity index is 1.36. The highest BCUT2D eigenvalue weighted by atomic mass is 16.2. The molecule has 1 aliphatic heterocycles. The largest absolute Gasteiger partial charge is 0.342 e. The number of rotatable bonds is 4. The first-order chi connectivity index (χ1) is 12.2. The fourth-order valence-corrected chi connectivity index (χ4v) is 3.58. The first-order valence-electron chi connectivity index (χ1n) is 8.76. The fraction of sp³-hybridized carbons (Fsp3) is 0.444. The molecule has 0 spiro atoms. The molecule has 1 fully saturated rings. The van der Waals surface area contributed by atoms with E-state index in [2.05, 4.69) is 26.1 Å². The number of likely N-dealkylation sites (tertiary alicyclic amines) is 1. The van der Waals surface area contributed by atoms with E-state index < -0.39 is 0 Å². The van der Waals surface area contributed by atoms with Crippen LogP contribution in [0.3, 0.4) is 0 Å². The minimum Gasteiger partial charge on any atom is -0.342 e. The molecule has 1 unspecified atom stereocenters. The van der Waals surface area contributed by atoms with E-state index in [1.54, 1.807) is 18.6 Å². The lowest BCUT2D eigenvalue weighted by Crippen LogP contribution is -2.41. The Bertz CT molecular complexity index is 814. The number of aromatic nitrogens is 5. The molecule has 1 atom stereocenters. The van der Waals surface area contributed by atoms with Crippen LogP contribution in [0.15, 0.2) is 36.9 Å². The molecule has 25 heavy (non-hydrogen) atoms. The van der Waals surface area contributed by atoms with Gasteiger partial charge in [-0.1, -0.05) is 6.92 Å². The topological polar surface area (TPSA) is 79.7 Å². The van der Waals surface area contributed by atoms with E-state index in [1.165, 1.54) is 5.69 Å². The second kappa shape index (κ2) is 6.66.